The smallest absolute Gasteiger partial charge is 0.212 e. The summed E-state index contributed by atoms with van der Waals surface area (Å²) in [5.74, 6) is 0.542. The van der Waals surface area contributed by atoms with Crippen LogP contribution in [0.15, 0.2) is 29.2 Å². The van der Waals surface area contributed by atoms with Crippen LogP contribution in [0, 0.1) is 0 Å². The number of thioether (sulfide) groups is 1. The van der Waals surface area contributed by atoms with E-state index >= 15 is 0 Å². The number of nitrogens with one attached hydrogen (secondary N) is 1. The van der Waals surface area contributed by atoms with Crippen LogP contribution in [-0.4, -0.2) is 37.7 Å². The fraction of sp³-hybridized carbons (Fsp3) is 0.538. The number of hydrogen-bond acceptors (Lipinski definition) is 5. The Balaban J connectivity index is 2.27. The van der Waals surface area contributed by atoms with Gasteiger partial charge in [0.1, 0.15) is 0 Å². The molecule has 114 valence electrons. The van der Waals surface area contributed by atoms with Crippen molar-refractivity contribution in [2.45, 2.75) is 30.8 Å². The lowest BCUT2D eigenvalue weighted by molar-refractivity contribution is 0.162. The SMILES string of the molecule is CCC(O)CCNS(=O)(=O)CCSc1ccc(N)cc1. The van der Waals surface area contributed by atoms with Gasteiger partial charge in [0.2, 0.25) is 10.0 Å². The molecule has 0 aliphatic heterocycles. The largest absolute Gasteiger partial charge is 0.399 e. The zero-order valence-electron chi connectivity index (χ0n) is 11.6. The van der Waals surface area contributed by atoms with Crippen LogP contribution in [-0.2, 0) is 10.0 Å². The van der Waals surface area contributed by atoms with Gasteiger partial charge in [-0.25, -0.2) is 13.1 Å². The summed E-state index contributed by atoms with van der Waals surface area (Å²) in [6.07, 6.45) is 0.636. The number of rotatable bonds is 9. The standard InChI is InChI=1S/C13H22N2O3S2/c1-2-12(16)7-8-15-20(17,18)10-9-19-13-5-3-11(14)4-6-13/h3-6,12,15-16H,2,7-10,14H2,1H3. The van der Waals surface area contributed by atoms with Gasteiger partial charge in [-0.05, 0) is 37.1 Å². The van der Waals surface area contributed by atoms with Gasteiger partial charge in [0.25, 0.3) is 0 Å². The van der Waals surface area contributed by atoms with Crippen molar-refractivity contribution >= 4 is 27.5 Å². The van der Waals surface area contributed by atoms with E-state index in [2.05, 4.69) is 4.72 Å². The molecule has 4 N–H and O–H groups in total. The second kappa shape index (κ2) is 8.51. The molecule has 1 unspecified atom stereocenters. The van der Waals surface area contributed by atoms with Crippen molar-refractivity contribution in [3.63, 3.8) is 0 Å². The van der Waals surface area contributed by atoms with Crippen LogP contribution in [0.5, 0.6) is 0 Å². The van der Waals surface area contributed by atoms with E-state index in [0.29, 0.717) is 24.3 Å². The fourth-order valence-corrected chi connectivity index (χ4v) is 3.84. The van der Waals surface area contributed by atoms with Gasteiger partial charge in [0.05, 0.1) is 11.9 Å². The lowest BCUT2D eigenvalue weighted by Gasteiger charge is -2.09. The Labute approximate surface area is 125 Å². The Morgan fingerprint density at radius 2 is 2.00 bits per heavy atom. The average Bonchev–Trinajstić information content (AvgIpc) is 2.40. The van der Waals surface area contributed by atoms with Crippen LogP contribution in [0.2, 0.25) is 0 Å². The highest BCUT2D eigenvalue weighted by Crippen LogP contribution is 2.19. The minimum Gasteiger partial charge on any atom is -0.399 e. The Morgan fingerprint density at radius 1 is 1.35 bits per heavy atom. The first-order chi connectivity index (χ1) is 9.43. The van der Waals surface area contributed by atoms with Crippen molar-refractivity contribution in [2.75, 3.05) is 23.8 Å². The van der Waals surface area contributed by atoms with Gasteiger partial charge >= 0.3 is 0 Å². The molecule has 0 saturated carbocycles. The molecule has 0 spiro atoms. The zero-order chi connectivity index (χ0) is 15.0. The summed E-state index contributed by atoms with van der Waals surface area (Å²) in [6, 6.07) is 7.33. The summed E-state index contributed by atoms with van der Waals surface area (Å²) >= 11 is 1.48. The Hall–Kier alpha value is -0.760. The third kappa shape index (κ3) is 7.14. The molecule has 0 aromatic heterocycles. The van der Waals surface area contributed by atoms with Gasteiger partial charge in [0.15, 0.2) is 0 Å². The summed E-state index contributed by atoms with van der Waals surface area (Å²) in [5.41, 5.74) is 6.27. The number of nitrogens with two attached hydrogens (primary N) is 1. The highest BCUT2D eigenvalue weighted by atomic mass is 32.2. The third-order valence-corrected chi connectivity index (χ3v) is 5.43. The molecule has 0 amide bonds. The number of anilines is 1. The number of aliphatic hydroxyl groups excluding tert-OH is 1. The monoisotopic (exact) mass is 318 g/mol. The third-order valence-electron chi connectivity index (χ3n) is 2.77. The first-order valence-electron chi connectivity index (χ1n) is 6.56. The number of aliphatic hydroxyl groups is 1. The molecule has 1 aromatic rings. The molecule has 1 rings (SSSR count). The lowest BCUT2D eigenvalue weighted by Crippen LogP contribution is -2.30. The first-order valence-corrected chi connectivity index (χ1v) is 9.20. The van der Waals surface area contributed by atoms with Gasteiger partial charge in [0, 0.05) is 22.9 Å². The Morgan fingerprint density at radius 3 is 2.60 bits per heavy atom. The van der Waals surface area contributed by atoms with Crippen LogP contribution in [0.3, 0.4) is 0 Å². The molecule has 0 fully saturated rings. The normalized spacial score (nSPS) is 13.3. The summed E-state index contributed by atoms with van der Waals surface area (Å²) in [4.78, 5) is 0.996. The van der Waals surface area contributed by atoms with Crippen LogP contribution in [0.4, 0.5) is 5.69 Å². The van der Waals surface area contributed by atoms with Crippen LogP contribution in [0.25, 0.3) is 0 Å². The summed E-state index contributed by atoms with van der Waals surface area (Å²) in [6.45, 7) is 2.15. The fourth-order valence-electron chi connectivity index (χ4n) is 1.49. The zero-order valence-corrected chi connectivity index (χ0v) is 13.2. The van der Waals surface area contributed by atoms with Crippen molar-refractivity contribution in [1.82, 2.24) is 4.72 Å². The second-order valence-electron chi connectivity index (χ2n) is 4.48. The lowest BCUT2D eigenvalue weighted by atomic mass is 10.2. The quantitative estimate of drug-likeness (QED) is 0.473. The van der Waals surface area contributed by atoms with Crippen LogP contribution < -0.4 is 10.5 Å². The average molecular weight is 318 g/mol. The van der Waals surface area contributed by atoms with E-state index in [1.165, 1.54) is 11.8 Å². The molecular weight excluding hydrogens is 296 g/mol. The van der Waals surface area contributed by atoms with Crippen molar-refractivity contribution in [3.8, 4) is 0 Å². The van der Waals surface area contributed by atoms with E-state index in [1.54, 1.807) is 12.1 Å². The van der Waals surface area contributed by atoms with Gasteiger partial charge < -0.3 is 10.8 Å². The minimum atomic E-state index is -3.27. The molecule has 0 aliphatic rings. The molecule has 0 aliphatic carbocycles. The molecule has 0 heterocycles. The topological polar surface area (TPSA) is 92.4 Å². The summed E-state index contributed by atoms with van der Waals surface area (Å²) in [5, 5.41) is 9.35. The summed E-state index contributed by atoms with van der Waals surface area (Å²) < 4.78 is 25.9. The van der Waals surface area contributed by atoms with Gasteiger partial charge in [-0.15, -0.1) is 11.8 Å². The molecule has 20 heavy (non-hydrogen) atoms. The van der Waals surface area contributed by atoms with Crippen molar-refractivity contribution in [1.29, 1.82) is 0 Å². The van der Waals surface area contributed by atoms with E-state index in [-0.39, 0.29) is 12.3 Å². The van der Waals surface area contributed by atoms with Crippen molar-refractivity contribution in [3.05, 3.63) is 24.3 Å². The Kier molecular flexibility index (Phi) is 7.36. The molecule has 1 atom stereocenters. The Bertz CT molecular complexity index is 489. The molecule has 7 heteroatoms. The van der Waals surface area contributed by atoms with E-state index in [1.807, 2.05) is 19.1 Å². The highest BCUT2D eigenvalue weighted by molar-refractivity contribution is 8.00. The molecule has 5 nitrogen and oxygen atoms in total. The first kappa shape index (κ1) is 17.3. The minimum absolute atomic E-state index is 0.0598. The maximum atomic E-state index is 11.7. The second-order valence-corrected chi connectivity index (χ2v) is 7.58. The van der Waals surface area contributed by atoms with Crippen LogP contribution >= 0.6 is 11.8 Å². The predicted octanol–water partition coefficient (Wildman–Crippen LogP) is 1.44. The molecule has 0 bridgehead atoms. The predicted molar refractivity (Wildman–Crippen MR) is 84.3 cm³/mol. The van der Waals surface area contributed by atoms with E-state index in [0.717, 1.165) is 4.90 Å². The number of nitrogen functional groups attached to an aromatic ring is 1. The van der Waals surface area contributed by atoms with E-state index < -0.39 is 16.1 Å². The molecule has 0 radical (unpaired) electrons. The molecular formula is C13H22N2O3S2. The van der Waals surface area contributed by atoms with E-state index in [9.17, 15) is 13.5 Å². The van der Waals surface area contributed by atoms with Crippen LogP contribution in [0.1, 0.15) is 19.8 Å². The van der Waals surface area contributed by atoms with Gasteiger partial charge in [-0.1, -0.05) is 6.92 Å². The summed E-state index contributed by atoms with van der Waals surface area (Å²) in [7, 11) is -3.27. The van der Waals surface area contributed by atoms with Gasteiger partial charge in [-0.3, -0.25) is 0 Å². The number of sulfonamides is 1. The number of hydrogen-bond donors (Lipinski definition) is 3. The van der Waals surface area contributed by atoms with Gasteiger partial charge in [-0.2, -0.15) is 0 Å². The van der Waals surface area contributed by atoms with Crippen molar-refractivity contribution < 1.29 is 13.5 Å². The molecule has 1 aromatic carbocycles. The van der Waals surface area contributed by atoms with E-state index in [4.69, 9.17) is 5.73 Å². The maximum absolute atomic E-state index is 11.7. The maximum Gasteiger partial charge on any atom is 0.212 e. The number of benzene rings is 1. The highest BCUT2D eigenvalue weighted by Gasteiger charge is 2.10. The van der Waals surface area contributed by atoms with Crippen molar-refractivity contribution in [2.24, 2.45) is 0 Å². The molecule has 0 saturated heterocycles.